The second kappa shape index (κ2) is 8.06. The SMILES string of the molecule is Clc1ccc(C2(CNC3=NCCCN3)CCCC2)c(Cl)c1.I. The van der Waals surface area contributed by atoms with Crippen molar-refractivity contribution in [2.75, 3.05) is 19.6 Å². The number of benzene rings is 1. The molecular weight excluding hydrogens is 432 g/mol. The Bertz CT molecular complexity index is 542. The number of aliphatic imine (C=N–C) groups is 1. The zero-order valence-corrected chi connectivity index (χ0v) is 16.3. The van der Waals surface area contributed by atoms with E-state index < -0.39 is 0 Å². The van der Waals surface area contributed by atoms with Crippen molar-refractivity contribution >= 4 is 53.1 Å². The van der Waals surface area contributed by atoms with E-state index in [1.807, 2.05) is 12.1 Å². The maximum atomic E-state index is 6.46. The normalized spacial score (nSPS) is 19.8. The summed E-state index contributed by atoms with van der Waals surface area (Å²) in [5, 5.41) is 8.29. The molecule has 1 heterocycles. The predicted octanol–water partition coefficient (Wildman–Crippen LogP) is 4.36. The number of nitrogens with one attached hydrogen (secondary N) is 2. The van der Waals surface area contributed by atoms with Gasteiger partial charge in [-0.2, -0.15) is 0 Å². The fourth-order valence-corrected chi connectivity index (χ4v) is 4.03. The van der Waals surface area contributed by atoms with Gasteiger partial charge in [0.15, 0.2) is 5.96 Å². The molecule has 0 amide bonds. The van der Waals surface area contributed by atoms with Crippen LogP contribution >= 0.6 is 47.2 Å². The fraction of sp³-hybridized carbons (Fsp3) is 0.562. The van der Waals surface area contributed by atoms with Gasteiger partial charge >= 0.3 is 0 Å². The average molecular weight is 454 g/mol. The quantitative estimate of drug-likeness (QED) is 0.667. The van der Waals surface area contributed by atoms with Crippen molar-refractivity contribution in [3.63, 3.8) is 0 Å². The van der Waals surface area contributed by atoms with Crippen molar-refractivity contribution in [3.8, 4) is 0 Å². The maximum absolute atomic E-state index is 6.46. The second-order valence-electron chi connectivity index (χ2n) is 5.98. The van der Waals surface area contributed by atoms with Gasteiger partial charge in [0.2, 0.25) is 0 Å². The van der Waals surface area contributed by atoms with Crippen molar-refractivity contribution in [2.24, 2.45) is 4.99 Å². The summed E-state index contributed by atoms with van der Waals surface area (Å²) in [7, 11) is 0. The van der Waals surface area contributed by atoms with Crippen LogP contribution in [0.2, 0.25) is 10.0 Å². The summed E-state index contributed by atoms with van der Waals surface area (Å²) in [4.78, 5) is 4.49. The molecule has 2 N–H and O–H groups in total. The Balaban J connectivity index is 0.00000176. The van der Waals surface area contributed by atoms with Gasteiger partial charge in [-0.15, -0.1) is 24.0 Å². The minimum atomic E-state index is 0. The number of guanidine groups is 1. The molecule has 0 aromatic heterocycles. The molecule has 1 saturated carbocycles. The van der Waals surface area contributed by atoms with E-state index in [-0.39, 0.29) is 29.4 Å². The van der Waals surface area contributed by atoms with Crippen LogP contribution in [0, 0.1) is 0 Å². The second-order valence-corrected chi connectivity index (χ2v) is 6.82. The van der Waals surface area contributed by atoms with Crippen molar-refractivity contribution in [1.82, 2.24) is 10.6 Å². The van der Waals surface area contributed by atoms with Crippen LogP contribution in [0.1, 0.15) is 37.7 Å². The highest BCUT2D eigenvalue weighted by atomic mass is 127. The van der Waals surface area contributed by atoms with Crippen LogP contribution in [-0.4, -0.2) is 25.6 Å². The molecule has 6 heteroatoms. The number of hydrogen-bond acceptors (Lipinski definition) is 3. The molecule has 3 rings (SSSR count). The van der Waals surface area contributed by atoms with Crippen LogP contribution in [0.4, 0.5) is 0 Å². The van der Waals surface area contributed by atoms with Crippen LogP contribution in [0.25, 0.3) is 0 Å². The monoisotopic (exact) mass is 453 g/mol. The Kier molecular flexibility index (Phi) is 6.65. The Hall–Kier alpha value is -0.200. The lowest BCUT2D eigenvalue weighted by Gasteiger charge is -2.32. The third-order valence-electron chi connectivity index (χ3n) is 4.55. The third-order valence-corrected chi connectivity index (χ3v) is 5.10. The summed E-state index contributed by atoms with van der Waals surface area (Å²) in [6.07, 6.45) is 5.93. The molecule has 1 aliphatic heterocycles. The highest BCUT2D eigenvalue weighted by molar-refractivity contribution is 14.0. The predicted molar refractivity (Wildman–Crippen MR) is 105 cm³/mol. The number of hydrogen-bond donors (Lipinski definition) is 2. The summed E-state index contributed by atoms with van der Waals surface area (Å²) in [6, 6.07) is 5.89. The van der Waals surface area contributed by atoms with Gasteiger partial charge < -0.3 is 10.6 Å². The van der Waals surface area contributed by atoms with E-state index in [0.29, 0.717) is 5.02 Å². The van der Waals surface area contributed by atoms with Crippen molar-refractivity contribution < 1.29 is 0 Å². The lowest BCUT2D eigenvalue weighted by atomic mass is 9.78. The van der Waals surface area contributed by atoms with Crippen LogP contribution < -0.4 is 10.6 Å². The number of rotatable bonds is 3. The number of halogens is 3. The van der Waals surface area contributed by atoms with Gasteiger partial charge in [0.25, 0.3) is 0 Å². The Labute approximate surface area is 159 Å². The molecule has 22 heavy (non-hydrogen) atoms. The maximum Gasteiger partial charge on any atom is 0.191 e. The van der Waals surface area contributed by atoms with E-state index >= 15 is 0 Å². The highest BCUT2D eigenvalue weighted by Crippen LogP contribution is 2.43. The molecule has 0 radical (unpaired) electrons. The smallest absolute Gasteiger partial charge is 0.191 e. The minimum Gasteiger partial charge on any atom is -0.356 e. The molecule has 3 nitrogen and oxygen atoms in total. The average Bonchev–Trinajstić information content (AvgIpc) is 2.96. The molecule has 1 aromatic rings. The van der Waals surface area contributed by atoms with Gasteiger partial charge in [0, 0.05) is 35.1 Å². The highest BCUT2D eigenvalue weighted by Gasteiger charge is 2.37. The van der Waals surface area contributed by atoms with Gasteiger partial charge in [-0.05, 0) is 37.0 Å². The topological polar surface area (TPSA) is 36.4 Å². The molecule has 0 bridgehead atoms. The third kappa shape index (κ3) is 4.01. The lowest BCUT2D eigenvalue weighted by molar-refractivity contribution is 0.431. The first kappa shape index (κ1) is 18.1. The molecule has 0 spiro atoms. The van der Waals surface area contributed by atoms with E-state index in [2.05, 4.69) is 21.7 Å². The first-order valence-electron chi connectivity index (χ1n) is 7.67. The molecule has 1 fully saturated rings. The summed E-state index contributed by atoms with van der Waals surface area (Å²) in [6.45, 7) is 2.78. The molecule has 122 valence electrons. The summed E-state index contributed by atoms with van der Waals surface area (Å²) < 4.78 is 0. The van der Waals surface area contributed by atoms with E-state index in [9.17, 15) is 0 Å². The van der Waals surface area contributed by atoms with Crippen LogP contribution in [0.5, 0.6) is 0 Å². The molecule has 0 atom stereocenters. The van der Waals surface area contributed by atoms with E-state index in [1.54, 1.807) is 0 Å². The molecule has 0 unspecified atom stereocenters. The van der Waals surface area contributed by atoms with Crippen molar-refractivity contribution in [1.29, 1.82) is 0 Å². The molecule has 1 aliphatic carbocycles. The van der Waals surface area contributed by atoms with Gasteiger partial charge in [-0.1, -0.05) is 42.1 Å². The lowest BCUT2D eigenvalue weighted by Crippen LogP contribution is -2.46. The first-order valence-corrected chi connectivity index (χ1v) is 8.43. The van der Waals surface area contributed by atoms with Gasteiger partial charge in [0.1, 0.15) is 0 Å². The fourth-order valence-electron chi connectivity index (χ4n) is 3.42. The first-order chi connectivity index (χ1) is 10.2. The number of nitrogens with zero attached hydrogens (tertiary/aromatic N) is 1. The van der Waals surface area contributed by atoms with Crippen LogP contribution in [0.3, 0.4) is 0 Å². The van der Waals surface area contributed by atoms with Gasteiger partial charge in [0.05, 0.1) is 0 Å². The largest absolute Gasteiger partial charge is 0.356 e. The molecule has 2 aliphatic rings. The van der Waals surface area contributed by atoms with E-state index in [0.717, 1.165) is 49.9 Å². The van der Waals surface area contributed by atoms with E-state index in [1.165, 1.54) is 18.4 Å². The van der Waals surface area contributed by atoms with E-state index in [4.69, 9.17) is 23.2 Å². The van der Waals surface area contributed by atoms with Crippen LogP contribution in [0.15, 0.2) is 23.2 Å². The van der Waals surface area contributed by atoms with Crippen molar-refractivity contribution in [3.05, 3.63) is 33.8 Å². The van der Waals surface area contributed by atoms with Crippen molar-refractivity contribution in [2.45, 2.75) is 37.5 Å². The molecule has 0 saturated heterocycles. The molecular formula is C16H22Cl2IN3. The Morgan fingerprint density at radius 1 is 1.18 bits per heavy atom. The zero-order chi connectivity index (χ0) is 14.7. The summed E-state index contributed by atoms with van der Waals surface area (Å²) in [5.41, 5.74) is 1.32. The van der Waals surface area contributed by atoms with Crippen LogP contribution in [-0.2, 0) is 5.41 Å². The minimum absolute atomic E-state index is 0. The van der Waals surface area contributed by atoms with Gasteiger partial charge in [-0.25, -0.2) is 0 Å². The zero-order valence-electron chi connectivity index (χ0n) is 12.5. The summed E-state index contributed by atoms with van der Waals surface area (Å²) in [5.74, 6) is 0.928. The standard InChI is InChI=1S/C16H21Cl2N3.HI/c17-12-4-5-13(14(18)10-12)16(6-1-2-7-16)11-21-15-19-8-3-9-20-15;/h4-5,10H,1-3,6-9,11H2,(H2,19,20,21);1H. The summed E-state index contributed by atoms with van der Waals surface area (Å²) >= 11 is 12.5. The Morgan fingerprint density at radius 2 is 1.95 bits per heavy atom. The Morgan fingerprint density at radius 3 is 2.59 bits per heavy atom. The molecule has 1 aromatic carbocycles. The van der Waals surface area contributed by atoms with Gasteiger partial charge in [-0.3, -0.25) is 4.99 Å².